The zero-order chi connectivity index (χ0) is 10.6. The topological polar surface area (TPSA) is 0 Å². The van der Waals surface area contributed by atoms with E-state index in [4.69, 9.17) is 11.6 Å². The van der Waals surface area contributed by atoms with E-state index in [1.807, 2.05) is 6.92 Å². The number of alkyl halides is 3. The van der Waals surface area contributed by atoms with Crippen LogP contribution in [0.3, 0.4) is 0 Å². The van der Waals surface area contributed by atoms with Gasteiger partial charge in [-0.05, 0) is 30.9 Å². The van der Waals surface area contributed by atoms with Gasteiger partial charge < -0.3 is 0 Å². The van der Waals surface area contributed by atoms with E-state index in [0.717, 1.165) is 24.0 Å². The smallest absolute Gasteiger partial charge is 0.205 e. The van der Waals surface area contributed by atoms with Crippen molar-refractivity contribution in [2.24, 2.45) is 0 Å². The van der Waals surface area contributed by atoms with E-state index in [1.165, 1.54) is 6.07 Å². The summed E-state index contributed by atoms with van der Waals surface area (Å²) >= 11 is 5.57. The normalized spacial score (nSPS) is 10.9. The maximum atomic E-state index is 12.3. The number of rotatable bonds is 4. The summed E-state index contributed by atoms with van der Waals surface area (Å²) in [7, 11) is 0. The Kier molecular flexibility index (Phi) is 4.33. The second kappa shape index (κ2) is 5.30. The lowest BCUT2D eigenvalue weighted by Gasteiger charge is -2.07. The van der Waals surface area contributed by atoms with Gasteiger partial charge in [-0.15, -0.1) is 11.6 Å². The molecule has 0 aromatic heterocycles. The highest BCUT2D eigenvalue weighted by molar-refractivity contribution is 6.17. The molecule has 1 rings (SSSR count). The Bertz CT molecular complexity index is 297. The lowest BCUT2D eigenvalue weighted by atomic mass is 10.0. The first-order chi connectivity index (χ1) is 6.65. The maximum Gasteiger partial charge on any atom is 0.263 e. The number of benzene rings is 1. The molecular formula is C11H13ClF2. The van der Waals surface area contributed by atoms with Crippen molar-refractivity contribution in [2.75, 3.05) is 5.88 Å². The van der Waals surface area contributed by atoms with Gasteiger partial charge in [-0.3, -0.25) is 0 Å². The second-order valence-corrected chi connectivity index (χ2v) is 3.66. The molecule has 0 saturated carbocycles. The zero-order valence-electron chi connectivity index (χ0n) is 8.06. The SMILES string of the molecule is Cc1cc(C(F)F)ccc1CCCCl. The molecule has 0 radical (unpaired) electrons. The molecule has 0 fully saturated rings. The predicted molar refractivity (Wildman–Crippen MR) is 55.2 cm³/mol. The van der Waals surface area contributed by atoms with E-state index in [2.05, 4.69) is 0 Å². The Labute approximate surface area is 87.9 Å². The molecule has 0 spiro atoms. The third kappa shape index (κ3) is 2.95. The molecule has 0 amide bonds. The largest absolute Gasteiger partial charge is 0.263 e. The van der Waals surface area contributed by atoms with Crippen LogP contribution in [0, 0.1) is 6.92 Å². The molecule has 0 atom stereocenters. The molecule has 0 saturated heterocycles. The Balaban J connectivity index is 2.79. The number of hydrogen-bond acceptors (Lipinski definition) is 0. The summed E-state index contributed by atoms with van der Waals surface area (Å²) in [5.41, 5.74) is 2.13. The van der Waals surface area contributed by atoms with Crippen LogP contribution in [0.4, 0.5) is 8.78 Å². The molecule has 3 heteroatoms. The van der Waals surface area contributed by atoms with Crippen molar-refractivity contribution < 1.29 is 8.78 Å². The summed E-state index contributed by atoms with van der Waals surface area (Å²) in [4.78, 5) is 0. The van der Waals surface area contributed by atoms with Crippen molar-refractivity contribution in [3.63, 3.8) is 0 Å². The van der Waals surface area contributed by atoms with E-state index in [0.29, 0.717) is 5.88 Å². The fourth-order valence-corrected chi connectivity index (χ4v) is 1.53. The van der Waals surface area contributed by atoms with E-state index in [-0.39, 0.29) is 5.56 Å². The Morgan fingerprint density at radius 2 is 2.07 bits per heavy atom. The molecule has 0 nitrogen and oxygen atoms in total. The van der Waals surface area contributed by atoms with Gasteiger partial charge in [-0.25, -0.2) is 8.78 Å². The van der Waals surface area contributed by atoms with Crippen LogP contribution < -0.4 is 0 Å². The van der Waals surface area contributed by atoms with Gasteiger partial charge in [0.15, 0.2) is 0 Å². The average molecular weight is 219 g/mol. The minimum Gasteiger partial charge on any atom is -0.205 e. The van der Waals surface area contributed by atoms with Crippen molar-refractivity contribution in [1.82, 2.24) is 0 Å². The lowest BCUT2D eigenvalue weighted by Crippen LogP contribution is -1.93. The predicted octanol–water partition coefficient (Wildman–Crippen LogP) is 4.10. The van der Waals surface area contributed by atoms with Crippen LogP contribution in [0.25, 0.3) is 0 Å². The zero-order valence-corrected chi connectivity index (χ0v) is 8.82. The molecule has 0 aliphatic heterocycles. The second-order valence-electron chi connectivity index (χ2n) is 3.28. The van der Waals surface area contributed by atoms with E-state index in [9.17, 15) is 8.78 Å². The molecule has 1 aromatic rings. The highest BCUT2D eigenvalue weighted by atomic mass is 35.5. The van der Waals surface area contributed by atoms with Crippen molar-refractivity contribution in [1.29, 1.82) is 0 Å². The van der Waals surface area contributed by atoms with Crippen LogP contribution in [-0.2, 0) is 6.42 Å². The van der Waals surface area contributed by atoms with Crippen LogP contribution in [0.5, 0.6) is 0 Å². The van der Waals surface area contributed by atoms with Gasteiger partial charge in [-0.2, -0.15) is 0 Å². The first kappa shape index (κ1) is 11.4. The minimum absolute atomic E-state index is 0.0946. The van der Waals surface area contributed by atoms with Gasteiger partial charge in [0.05, 0.1) is 0 Å². The van der Waals surface area contributed by atoms with Gasteiger partial charge in [0, 0.05) is 11.4 Å². The number of aryl methyl sites for hydroxylation is 2. The summed E-state index contributed by atoms with van der Waals surface area (Å²) in [6.07, 6.45) is -0.634. The molecule has 0 unspecified atom stereocenters. The third-order valence-electron chi connectivity index (χ3n) is 2.20. The first-order valence-corrected chi connectivity index (χ1v) is 5.12. The molecule has 14 heavy (non-hydrogen) atoms. The van der Waals surface area contributed by atoms with Crippen LogP contribution in [0.2, 0.25) is 0 Å². The van der Waals surface area contributed by atoms with Crippen LogP contribution >= 0.6 is 11.6 Å². The molecule has 0 N–H and O–H groups in total. The Hall–Kier alpha value is -0.630. The minimum atomic E-state index is -2.38. The standard InChI is InChI=1S/C11H13ClF2/c1-8-7-10(11(13)14)5-4-9(8)3-2-6-12/h4-5,7,11H,2-3,6H2,1H3. The summed E-state index contributed by atoms with van der Waals surface area (Å²) in [5.74, 6) is 0.607. The number of halogens is 3. The van der Waals surface area contributed by atoms with Gasteiger partial charge in [0.2, 0.25) is 0 Å². The van der Waals surface area contributed by atoms with Gasteiger partial charge >= 0.3 is 0 Å². The molecule has 78 valence electrons. The van der Waals surface area contributed by atoms with Crippen molar-refractivity contribution in [3.05, 3.63) is 34.9 Å². The summed E-state index contributed by atoms with van der Waals surface area (Å²) < 4.78 is 24.6. The highest BCUT2D eigenvalue weighted by Gasteiger charge is 2.08. The van der Waals surface area contributed by atoms with Crippen LogP contribution in [0.15, 0.2) is 18.2 Å². The molecule has 0 aliphatic carbocycles. The maximum absolute atomic E-state index is 12.3. The van der Waals surface area contributed by atoms with E-state index < -0.39 is 6.43 Å². The lowest BCUT2D eigenvalue weighted by molar-refractivity contribution is 0.151. The van der Waals surface area contributed by atoms with E-state index in [1.54, 1.807) is 12.1 Å². The average Bonchev–Trinajstić information content (AvgIpc) is 2.15. The van der Waals surface area contributed by atoms with Gasteiger partial charge in [0.1, 0.15) is 0 Å². The molecule has 0 bridgehead atoms. The quantitative estimate of drug-likeness (QED) is 0.668. The van der Waals surface area contributed by atoms with Crippen molar-refractivity contribution in [2.45, 2.75) is 26.2 Å². The first-order valence-electron chi connectivity index (χ1n) is 4.58. The summed E-state index contributed by atoms with van der Waals surface area (Å²) in [6.45, 7) is 1.86. The molecular weight excluding hydrogens is 206 g/mol. The third-order valence-corrected chi connectivity index (χ3v) is 2.47. The van der Waals surface area contributed by atoms with Crippen LogP contribution in [-0.4, -0.2) is 5.88 Å². The molecule has 0 aliphatic rings. The Morgan fingerprint density at radius 3 is 2.57 bits per heavy atom. The fraction of sp³-hybridized carbons (Fsp3) is 0.455. The molecule has 1 aromatic carbocycles. The Morgan fingerprint density at radius 1 is 1.36 bits per heavy atom. The van der Waals surface area contributed by atoms with E-state index >= 15 is 0 Å². The van der Waals surface area contributed by atoms with Crippen LogP contribution in [0.1, 0.15) is 29.5 Å². The van der Waals surface area contributed by atoms with Crippen molar-refractivity contribution >= 4 is 11.6 Å². The van der Waals surface area contributed by atoms with Crippen molar-refractivity contribution in [3.8, 4) is 0 Å². The number of hydrogen-bond donors (Lipinski definition) is 0. The fourth-order valence-electron chi connectivity index (χ4n) is 1.39. The summed E-state index contributed by atoms with van der Waals surface area (Å²) in [6, 6.07) is 4.80. The molecule has 0 heterocycles. The summed E-state index contributed by atoms with van der Waals surface area (Å²) in [5, 5.41) is 0. The van der Waals surface area contributed by atoms with Gasteiger partial charge in [0.25, 0.3) is 6.43 Å². The highest BCUT2D eigenvalue weighted by Crippen LogP contribution is 2.22. The monoisotopic (exact) mass is 218 g/mol. The van der Waals surface area contributed by atoms with Gasteiger partial charge in [-0.1, -0.05) is 18.2 Å².